The Morgan fingerprint density at radius 1 is 1.35 bits per heavy atom. The molecular formula is C14H19N3O3. The Kier molecular flexibility index (Phi) is 3.41. The van der Waals surface area contributed by atoms with Crippen LogP contribution in [0.4, 0.5) is 11.5 Å². The molecule has 0 radical (unpaired) electrons. The lowest BCUT2D eigenvalue weighted by molar-refractivity contribution is -0.140. The number of carbonyl (C=O) groups excluding carboxylic acids is 1. The van der Waals surface area contributed by atoms with E-state index < -0.39 is 23.2 Å². The summed E-state index contributed by atoms with van der Waals surface area (Å²) in [5.41, 5.74) is 0.0884. The van der Waals surface area contributed by atoms with Crippen LogP contribution in [0.2, 0.25) is 0 Å². The van der Waals surface area contributed by atoms with Gasteiger partial charge < -0.3 is 15.3 Å². The van der Waals surface area contributed by atoms with Gasteiger partial charge in [0.2, 0.25) is 5.91 Å². The molecule has 0 saturated heterocycles. The Morgan fingerprint density at radius 3 is 2.50 bits per heavy atom. The number of nitrogens with zero attached hydrogens (tertiary/aromatic N) is 2. The molecule has 2 atom stereocenters. The van der Waals surface area contributed by atoms with Gasteiger partial charge >= 0.3 is 5.97 Å². The minimum atomic E-state index is -0.922. The summed E-state index contributed by atoms with van der Waals surface area (Å²) in [4.78, 5) is 29.4. The molecule has 0 aliphatic heterocycles. The first kappa shape index (κ1) is 14.3. The molecule has 0 aromatic carbocycles. The molecule has 0 unspecified atom stereocenters. The monoisotopic (exact) mass is 277 g/mol. The number of carboxylic acid groups (broad SMARTS) is 1. The smallest absolute Gasteiger partial charge is 0.307 e. The summed E-state index contributed by atoms with van der Waals surface area (Å²) < 4.78 is 0. The number of carbonyl (C=O) groups is 2. The van der Waals surface area contributed by atoms with Crippen molar-refractivity contribution in [3.8, 4) is 0 Å². The van der Waals surface area contributed by atoms with Crippen LogP contribution in [0, 0.1) is 17.3 Å². The molecule has 0 bridgehead atoms. The summed E-state index contributed by atoms with van der Waals surface area (Å²) >= 11 is 0. The number of aromatic nitrogens is 1. The minimum Gasteiger partial charge on any atom is -0.481 e. The van der Waals surface area contributed by atoms with Crippen molar-refractivity contribution in [1.29, 1.82) is 0 Å². The third kappa shape index (κ3) is 2.33. The Morgan fingerprint density at radius 2 is 2.00 bits per heavy atom. The fraction of sp³-hybridized carbons (Fsp3) is 0.500. The molecule has 6 heteroatoms. The summed E-state index contributed by atoms with van der Waals surface area (Å²) in [7, 11) is 3.66. The number of rotatable bonds is 4. The van der Waals surface area contributed by atoms with E-state index in [9.17, 15) is 9.59 Å². The van der Waals surface area contributed by atoms with Gasteiger partial charge in [0, 0.05) is 20.3 Å². The molecule has 20 heavy (non-hydrogen) atoms. The van der Waals surface area contributed by atoms with Crippen molar-refractivity contribution in [2.24, 2.45) is 17.3 Å². The van der Waals surface area contributed by atoms with Crippen LogP contribution in [0.25, 0.3) is 0 Å². The Hall–Kier alpha value is -2.11. The summed E-state index contributed by atoms with van der Waals surface area (Å²) in [6.45, 7) is 3.60. The predicted octanol–water partition coefficient (Wildman–Crippen LogP) is 1.44. The van der Waals surface area contributed by atoms with Crippen LogP contribution in [0.3, 0.4) is 0 Å². The van der Waals surface area contributed by atoms with E-state index in [-0.39, 0.29) is 5.91 Å². The maximum absolute atomic E-state index is 12.3. The number of amides is 1. The second-order valence-corrected chi connectivity index (χ2v) is 5.87. The molecule has 0 spiro atoms. The van der Waals surface area contributed by atoms with Gasteiger partial charge in [-0.2, -0.15) is 0 Å². The molecule has 1 saturated carbocycles. The van der Waals surface area contributed by atoms with E-state index in [0.717, 1.165) is 0 Å². The molecule has 6 nitrogen and oxygen atoms in total. The van der Waals surface area contributed by atoms with Crippen LogP contribution in [-0.4, -0.2) is 36.1 Å². The Labute approximate surface area is 117 Å². The lowest BCUT2D eigenvalue weighted by atomic mass is 10.1. The van der Waals surface area contributed by atoms with Crippen molar-refractivity contribution in [1.82, 2.24) is 4.98 Å². The highest BCUT2D eigenvalue weighted by atomic mass is 16.4. The fourth-order valence-corrected chi connectivity index (χ4v) is 2.65. The van der Waals surface area contributed by atoms with E-state index in [2.05, 4.69) is 10.3 Å². The van der Waals surface area contributed by atoms with Crippen LogP contribution in [-0.2, 0) is 9.59 Å². The van der Waals surface area contributed by atoms with Gasteiger partial charge in [-0.25, -0.2) is 4.98 Å². The van der Waals surface area contributed by atoms with Crippen LogP contribution in [0.15, 0.2) is 18.3 Å². The van der Waals surface area contributed by atoms with Crippen molar-refractivity contribution >= 4 is 23.4 Å². The standard InChI is InChI=1S/C14H19N3O3/c1-14(2)9(10(14)13(19)20)12(18)16-8-6-5-7-15-11(8)17(3)4/h5-7,9-10H,1-4H3,(H,16,18)(H,19,20)/t9-,10+/m1/s1. The van der Waals surface area contributed by atoms with Gasteiger partial charge in [0.05, 0.1) is 17.5 Å². The summed E-state index contributed by atoms with van der Waals surface area (Å²) in [6, 6.07) is 3.49. The van der Waals surface area contributed by atoms with Gasteiger partial charge in [-0.05, 0) is 17.5 Å². The SMILES string of the molecule is CN(C)c1ncccc1NC(=O)[C@H]1[C@@H](C(=O)O)C1(C)C. The molecule has 1 aliphatic rings. The maximum Gasteiger partial charge on any atom is 0.307 e. The van der Waals surface area contributed by atoms with Crippen LogP contribution < -0.4 is 10.2 Å². The van der Waals surface area contributed by atoms with Crippen molar-refractivity contribution in [2.75, 3.05) is 24.3 Å². The first-order valence-electron chi connectivity index (χ1n) is 6.43. The molecule has 1 amide bonds. The fourth-order valence-electron chi connectivity index (χ4n) is 2.65. The average molecular weight is 277 g/mol. The molecule has 1 aromatic heterocycles. The second-order valence-electron chi connectivity index (χ2n) is 5.87. The minimum absolute atomic E-state index is 0.265. The number of nitrogens with one attached hydrogen (secondary N) is 1. The number of carboxylic acids is 1. The number of hydrogen-bond acceptors (Lipinski definition) is 4. The zero-order valence-corrected chi connectivity index (χ0v) is 12.0. The lowest BCUT2D eigenvalue weighted by Crippen LogP contribution is -2.21. The Balaban J connectivity index is 2.16. The lowest BCUT2D eigenvalue weighted by Gasteiger charge is -2.16. The van der Waals surface area contributed by atoms with E-state index in [1.54, 1.807) is 37.1 Å². The van der Waals surface area contributed by atoms with Crippen molar-refractivity contribution in [3.63, 3.8) is 0 Å². The van der Waals surface area contributed by atoms with Crippen LogP contribution >= 0.6 is 0 Å². The van der Waals surface area contributed by atoms with Crippen LogP contribution in [0.1, 0.15) is 13.8 Å². The number of anilines is 2. The first-order chi connectivity index (χ1) is 9.26. The van der Waals surface area contributed by atoms with Gasteiger partial charge in [-0.1, -0.05) is 13.8 Å². The van der Waals surface area contributed by atoms with E-state index in [0.29, 0.717) is 11.5 Å². The van der Waals surface area contributed by atoms with Gasteiger partial charge in [0.25, 0.3) is 0 Å². The highest BCUT2D eigenvalue weighted by Crippen LogP contribution is 2.58. The average Bonchev–Trinajstić information content (AvgIpc) is 2.93. The number of hydrogen-bond donors (Lipinski definition) is 2. The number of aliphatic carboxylic acids is 1. The van der Waals surface area contributed by atoms with Gasteiger partial charge in [0.1, 0.15) is 0 Å². The van der Waals surface area contributed by atoms with Crippen molar-refractivity contribution < 1.29 is 14.7 Å². The highest BCUT2D eigenvalue weighted by Gasteiger charge is 2.65. The predicted molar refractivity (Wildman–Crippen MR) is 75.6 cm³/mol. The van der Waals surface area contributed by atoms with Crippen molar-refractivity contribution in [3.05, 3.63) is 18.3 Å². The molecule has 1 heterocycles. The van der Waals surface area contributed by atoms with E-state index >= 15 is 0 Å². The quantitative estimate of drug-likeness (QED) is 0.870. The molecule has 1 aliphatic carbocycles. The molecule has 108 valence electrons. The summed E-state index contributed by atoms with van der Waals surface area (Å²) in [6.07, 6.45) is 1.64. The van der Waals surface area contributed by atoms with E-state index in [1.807, 2.05) is 14.1 Å². The first-order valence-corrected chi connectivity index (χ1v) is 6.43. The third-order valence-corrected chi connectivity index (χ3v) is 3.84. The molecular weight excluding hydrogens is 258 g/mol. The summed E-state index contributed by atoms with van der Waals surface area (Å²) in [5.74, 6) is -1.67. The zero-order chi connectivity index (χ0) is 15.1. The highest BCUT2D eigenvalue weighted by molar-refractivity contribution is 6.01. The van der Waals surface area contributed by atoms with Gasteiger partial charge in [-0.3, -0.25) is 9.59 Å². The van der Waals surface area contributed by atoms with E-state index in [1.165, 1.54) is 0 Å². The Bertz CT molecular complexity index is 554. The molecule has 1 fully saturated rings. The second kappa shape index (κ2) is 4.77. The third-order valence-electron chi connectivity index (χ3n) is 3.84. The summed E-state index contributed by atoms with van der Waals surface area (Å²) in [5, 5.41) is 11.9. The molecule has 2 N–H and O–H groups in total. The normalized spacial score (nSPS) is 23.0. The maximum atomic E-state index is 12.3. The van der Waals surface area contributed by atoms with Crippen LogP contribution in [0.5, 0.6) is 0 Å². The van der Waals surface area contributed by atoms with Gasteiger partial charge in [-0.15, -0.1) is 0 Å². The zero-order valence-electron chi connectivity index (χ0n) is 12.0. The van der Waals surface area contributed by atoms with Gasteiger partial charge in [0.15, 0.2) is 5.82 Å². The van der Waals surface area contributed by atoms with Crippen molar-refractivity contribution in [2.45, 2.75) is 13.8 Å². The topological polar surface area (TPSA) is 82.5 Å². The number of pyridine rings is 1. The molecule has 2 rings (SSSR count). The largest absolute Gasteiger partial charge is 0.481 e. The molecule has 1 aromatic rings. The van der Waals surface area contributed by atoms with E-state index in [4.69, 9.17) is 5.11 Å².